The highest BCUT2D eigenvalue weighted by Gasteiger charge is 2.53. The van der Waals surface area contributed by atoms with Gasteiger partial charge in [0.25, 0.3) is 0 Å². The van der Waals surface area contributed by atoms with Crippen LogP contribution in [0.2, 0.25) is 0 Å². The van der Waals surface area contributed by atoms with Crippen LogP contribution in [0.25, 0.3) is 0 Å². The first-order chi connectivity index (χ1) is 17.2. The minimum atomic E-state index is -0.815. The van der Waals surface area contributed by atoms with E-state index in [0.717, 1.165) is 32.9 Å². The van der Waals surface area contributed by atoms with Crippen molar-refractivity contribution in [1.29, 1.82) is 0 Å². The molecule has 0 N–H and O–H groups in total. The van der Waals surface area contributed by atoms with Crippen LogP contribution in [0.1, 0.15) is 28.4 Å². The van der Waals surface area contributed by atoms with Gasteiger partial charge in [-0.15, -0.1) is 11.8 Å². The van der Waals surface area contributed by atoms with Crippen LogP contribution in [0, 0.1) is 0 Å². The number of methoxy groups -OCH3 is 1. The van der Waals surface area contributed by atoms with Gasteiger partial charge in [0.05, 0.1) is 12.8 Å². The zero-order valence-electron chi connectivity index (χ0n) is 19.1. The third-order valence-corrected chi connectivity index (χ3v) is 8.30. The number of hydrogen-bond donors (Lipinski definition) is 0. The Morgan fingerprint density at radius 2 is 1.71 bits per heavy atom. The molecule has 0 fully saturated rings. The second-order valence-corrected chi connectivity index (χ2v) is 10.7. The predicted molar refractivity (Wildman–Crippen MR) is 145 cm³/mol. The molecule has 6 heteroatoms. The van der Waals surface area contributed by atoms with Gasteiger partial charge in [-0.3, -0.25) is 4.90 Å². The number of benzene rings is 4. The lowest BCUT2D eigenvalue weighted by atomic mass is 9.92. The fourth-order valence-corrected chi connectivity index (χ4v) is 6.56. The second kappa shape index (κ2) is 9.10. The number of anilines is 1. The molecule has 4 nitrogen and oxygen atoms in total. The summed E-state index contributed by atoms with van der Waals surface area (Å²) in [5.41, 5.74) is 3.56. The Morgan fingerprint density at radius 3 is 2.49 bits per heavy atom. The summed E-state index contributed by atoms with van der Waals surface area (Å²) in [4.78, 5) is 10.0. The summed E-state index contributed by atoms with van der Waals surface area (Å²) in [5.74, 6) is 1.61. The predicted octanol–water partition coefficient (Wildman–Crippen LogP) is 7.75. The Kier molecular flexibility index (Phi) is 5.78. The lowest BCUT2D eigenvalue weighted by Gasteiger charge is -2.38. The summed E-state index contributed by atoms with van der Waals surface area (Å²) >= 11 is 5.50. The quantitative estimate of drug-likeness (QED) is 0.264. The van der Waals surface area contributed by atoms with Gasteiger partial charge in [-0.1, -0.05) is 75.7 Å². The van der Waals surface area contributed by atoms with E-state index in [1.165, 1.54) is 10.5 Å². The molecule has 0 bridgehead atoms. The first-order valence-electron chi connectivity index (χ1n) is 11.5. The summed E-state index contributed by atoms with van der Waals surface area (Å²) in [5, 5.41) is 4.90. The van der Waals surface area contributed by atoms with Crippen LogP contribution in [0.15, 0.2) is 118 Å². The maximum absolute atomic E-state index is 6.54. The molecule has 0 unspecified atom stereocenters. The highest BCUT2D eigenvalue weighted by Crippen LogP contribution is 2.56. The molecule has 0 aromatic heterocycles. The average Bonchev–Trinajstić information content (AvgIpc) is 3.22. The summed E-state index contributed by atoms with van der Waals surface area (Å²) in [7, 11) is 1.68. The van der Waals surface area contributed by atoms with E-state index in [9.17, 15) is 0 Å². The van der Waals surface area contributed by atoms with Crippen LogP contribution in [0.3, 0.4) is 0 Å². The number of ether oxygens (including phenoxy) is 1. The summed E-state index contributed by atoms with van der Waals surface area (Å²) < 4.78 is 6.45. The van der Waals surface area contributed by atoms with Crippen LogP contribution >= 0.6 is 27.7 Å². The number of thioether (sulfide) groups is 1. The maximum atomic E-state index is 6.54. The van der Waals surface area contributed by atoms with Crippen molar-refractivity contribution in [2.24, 2.45) is 5.16 Å². The fraction of sp³-hybridized carbons (Fsp3) is 0.138. The molecule has 4 aromatic rings. The molecule has 2 aliphatic rings. The van der Waals surface area contributed by atoms with E-state index in [1.807, 2.05) is 36.0 Å². The zero-order valence-corrected chi connectivity index (χ0v) is 21.5. The van der Waals surface area contributed by atoms with Crippen molar-refractivity contribution in [2.45, 2.75) is 22.3 Å². The minimum Gasteiger partial charge on any atom is -0.497 e. The van der Waals surface area contributed by atoms with E-state index in [-0.39, 0.29) is 5.25 Å². The van der Waals surface area contributed by atoms with Crippen molar-refractivity contribution < 1.29 is 9.57 Å². The van der Waals surface area contributed by atoms with Gasteiger partial charge in [0.2, 0.25) is 5.72 Å². The summed E-state index contributed by atoms with van der Waals surface area (Å²) in [6, 6.07) is 35.6. The van der Waals surface area contributed by atoms with Gasteiger partial charge in [-0.05, 0) is 54.1 Å². The molecule has 0 spiro atoms. The Bertz CT molecular complexity index is 1390. The lowest BCUT2D eigenvalue weighted by molar-refractivity contribution is -0.0283. The monoisotopic (exact) mass is 542 g/mol. The van der Waals surface area contributed by atoms with Gasteiger partial charge in [0, 0.05) is 32.2 Å². The van der Waals surface area contributed by atoms with Gasteiger partial charge in [-0.2, -0.15) is 0 Å². The Hall–Kier alpha value is -3.22. The maximum Gasteiger partial charge on any atom is 0.242 e. The van der Waals surface area contributed by atoms with Crippen molar-refractivity contribution in [3.63, 3.8) is 0 Å². The standard InChI is InChI=1S/C29H23BrN2O2S/c1-33-24-16-14-22(15-17-24)29-19-27(20-8-3-2-4-9-20)35-26-13-6-5-12-25(26)32(29)28(31-34-29)21-10-7-11-23(30)18-21/h2-18,27H,19H2,1H3/t27-,29+/m0/s1. The largest absolute Gasteiger partial charge is 0.497 e. The van der Waals surface area contributed by atoms with E-state index in [2.05, 4.69) is 99.7 Å². The van der Waals surface area contributed by atoms with E-state index in [4.69, 9.17) is 14.7 Å². The third-order valence-electron chi connectivity index (χ3n) is 6.49. The SMILES string of the molecule is COc1ccc([C@]23C[C@@H](c4ccccc4)Sc4ccccc4N2C(c2cccc(Br)c2)=NO3)cc1. The molecule has 0 saturated carbocycles. The normalized spacial score (nSPS) is 20.8. The van der Waals surface area contributed by atoms with Crippen molar-refractivity contribution >= 4 is 39.2 Å². The van der Waals surface area contributed by atoms with E-state index < -0.39 is 5.72 Å². The molecule has 2 heterocycles. The van der Waals surface area contributed by atoms with Crippen molar-refractivity contribution in [2.75, 3.05) is 12.0 Å². The van der Waals surface area contributed by atoms with Crippen molar-refractivity contribution in [1.82, 2.24) is 0 Å². The van der Waals surface area contributed by atoms with E-state index in [1.54, 1.807) is 7.11 Å². The lowest BCUT2D eigenvalue weighted by Crippen LogP contribution is -2.47. The number of hydrogen-bond acceptors (Lipinski definition) is 5. The molecule has 0 aliphatic carbocycles. The van der Waals surface area contributed by atoms with Crippen molar-refractivity contribution in [3.8, 4) is 5.75 Å². The van der Waals surface area contributed by atoms with Crippen LogP contribution in [-0.2, 0) is 10.6 Å². The Balaban J connectivity index is 1.57. The molecule has 2 aliphatic heterocycles. The molecule has 4 aromatic carbocycles. The van der Waals surface area contributed by atoms with Gasteiger partial charge in [0.15, 0.2) is 5.84 Å². The highest BCUT2D eigenvalue weighted by atomic mass is 79.9. The van der Waals surface area contributed by atoms with Gasteiger partial charge >= 0.3 is 0 Å². The number of para-hydroxylation sites is 1. The molecule has 0 amide bonds. The van der Waals surface area contributed by atoms with Crippen LogP contribution in [0.4, 0.5) is 5.69 Å². The number of amidine groups is 1. The number of halogens is 1. The number of oxime groups is 1. The Morgan fingerprint density at radius 1 is 0.943 bits per heavy atom. The first-order valence-corrected chi connectivity index (χ1v) is 13.1. The minimum absolute atomic E-state index is 0.168. The van der Waals surface area contributed by atoms with Gasteiger partial charge in [0.1, 0.15) is 5.75 Å². The molecule has 35 heavy (non-hydrogen) atoms. The number of fused-ring (bicyclic) bond motifs is 3. The van der Waals surface area contributed by atoms with Crippen LogP contribution < -0.4 is 9.64 Å². The van der Waals surface area contributed by atoms with E-state index >= 15 is 0 Å². The molecule has 174 valence electrons. The highest BCUT2D eigenvalue weighted by molar-refractivity contribution is 9.10. The zero-order chi connectivity index (χ0) is 23.8. The first kappa shape index (κ1) is 22.3. The summed E-state index contributed by atoms with van der Waals surface area (Å²) in [6.07, 6.45) is 0.712. The van der Waals surface area contributed by atoms with Crippen LogP contribution in [-0.4, -0.2) is 12.9 Å². The average molecular weight is 543 g/mol. The smallest absolute Gasteiger partial charge is 0.242 e. The van der Waals surface area contributed by atoms with E-state index in [0.29, 0.717) is 6.42 Å². The number of rotatable bonds is 4. The molecule has 2 atom stereocenters. The molecular formula is C29H23BrN2O2S. The fourth-order valence-electron chi connectivity index (χ4n) is 4.81. The van der Waals surface area contributed by atoms with Crippen molar-refractivity contribution in [3.05, 3.63) is 124 Å². The van der Waals surface area contributed by atoms with Gasteiger partial charge in [-0.25, -0.2) is 0 Å². The Labute approximate surface area is 217 Å². The number of nitrogens with zero attached hydrogens (tertiary/aromatic N) is 2. The summed E-state index contributed by atoms with van der Waals surface area (Å²) in [6.45, 7) is 0. The topological polar surface area (TPSA) is 34.1 Å². The molecule has 6 rings (SSSR count). The molecular weight excluding hydrogens is 520 g/mol. The molecule has 0 radical (unpaired) electrons. The third kappa shape index (κ3) is 3.91. The van der Waals surface area contributed by atoms with Gasteiger partial charge < -0.3 is 9.57 Å². The second-order valence-electron chi connectivity index (χ2n) is 8.55. The molecule has 0 saturated heterocycles. The van der Waals surface area contributed by atoms with Crippen LogP contribution in [0.5, 0.6) is 5.75 Å².